The van der Waals surface area contributed by atoms with Crippen molar-refractivity contribution in [3.05, 3.63) is 53.4 Å². The minimum Gasteiger partial charge on any atom is -0.461 e. The number of nitrogen functional groups attached to an aromatic ring is 1. The zero-order chi connectivity index (χ0) is 13.9. The Bertz CT molecular complexity index is 690. The van der Waals surface area contributed by atoms with Crippen LogP contribution in [0.15, 0.2) is 56.5 Å². The van der Waals surface area contributed by atoms with Crippen LogP contribution in [0.25, 0.3) is 11.5 Å². The molecule has 4 nitrogen and oxygen atoms in total. The van der Waals surface area contributed by atoms with E-state index in [9.17, 15) is 0 Å². The van der Waals surface area contributed by atoms with Gasteiger partial charge in [0, 0.05) is 22.4 Å². The summed E-state index contributed by atoms with van der Waals surface area (Å²) in [4.78, 5) is 0.858. The number of hydrogen-bond acceptors (Lipinski definition) is 5. The van der Waals surface area contributed by atoms with Crippen LogP contribution in [0.3, 0.4) is 0 Å². The van der Waals surface area contributed by atoms with Crippen LogP contribution in [0.4, 0.5) is 5.69 Å². The topological polar surface area (TPSA) is 65.2 Å². The van der Waals surface area contributed by atoms with E-state index in [2.05, 4.69) is 5.16 Å². The van der Waals surface area contributed by atoms with Crippen LogP contribution in [0.1, 0.15) is 5.69 Å². The summed E-state index contributed by atoms with van der Waals surface area (Å²) in [5, 5.41) is 4.65. The van der Waals surface area contributed by atoms with Crippen molar-refractivity contribution in [3.63, 3.8) is 0 Å². The van der Waals surface area contributed by atoms with Gasteiger partial charge < -0.3 is 14.7 Å². The number of thioether (sulfide) groups is 1. The molecule has 0 amide bonds. The summed E-state index contributed by atoms with van der Waals surface area (Å²) in [5.41, 5.74) is 7.37. The molecule has 2 heterocycles. The largest absolute Gasteiger partial charge is 0.461 e. The fourth-order valence-electron chi connectivity index (χ4n) is 1.74. The van der Waals surface area contributed by atoms with Crippen LogP contribution in [-0.4, -0.2) is 5.16 Å². The number of hydrogen-bond donors (Lipinski definition) is 1. The lowest BCUT2D eigenvalue weighted by molar-refractivity contribution is 0.413. The first-order valence-corrected chi connectivity index (χ1v) is 7.26. The molecule has 0 bridgehead atoms. The number of nitrogens with zero attached hydrogens (tertiary/aromatic N) is 1. The first-order chi connectivity index (χ1) is 9.74. The lowest BCUT2D eigenvalue weighted by atomic mass is 10.3. The highest BCUT2D eigenvalue weighted by Gasteiger charge is 2.11. The molecule has 0 saturated heterocycles. The first-order valence-electron chi connectivity index (χ1n) is 5.90. The van der Waals surface area contributed by atoms with Gasteiger partial charge in [0.15, 0.2) is 5.76 Å². The normalized spacial score (nSPS) is 10.8. The number of aromatic nitrogens is 1. The van der Waals surface area contributed by atoms with E-state index in [4.69, 9.17) is 26.3 Å². The molecule has 0 saturated carbocycles. The van der Waals surface area contributed by atoms with Crippen LogP contribution in [0.5, 0.6) is 0 Å². The molecule has 2 N–H and O–H groups in total. The molecule has 0 aliphatic rings. The van der Waals surface area contributed by atoms with Crippen molar-refractivity contribution in [1.82, 2.24) is 5.16 Å². The van der Waals surface area contributed by atoms with Crippen molar-refractivity contribution in [1.29, 1.82) is 0 Å². The van der Waals surface area contributed by atoms with Crippen molar-refractivity contribution < 1.29 is 8.94 Å². The molecular weight excluding hydrogens is 296 g/mol. The maximum Gasteiger partial charge on any atom is 0.202 e. The summed E-state index contributed by atoms with van der Waals surface area (Å²) in [6.07, 6.45) is 1.59. The molecule has 1 aromatic carbocycles. The van der Waals surface area contributed by atoms with E-state index < -0.39 is 0 Å². The summed E-state index contributed by atoms with van der Waals surface area (Å²) in [6, 6.07) is 10.9. The van der Waals surface area contributed by atoms with Gasteiger partial charge in [0.25, 0.3) is 0 Å². The smallest absolute Gasteiger partial charge is 0.202 e. The monoisotopic (exact) mass is 306 g/mol. The highest BCUT2D eigenvalue weighted by molar-refractivity contribution is 7.98. The Morgan fingerprint density at radius 1 is 1.20 bits per heavy atom. The summed E-state index contributed by atoms with van der Waals surface area (Å²) in [7, 11) is 0. The minimum atomic E-state index is 0.609. The number of anilines is 1. The third-order valence-corrected chi connectivity index (χ3v) is 4.30. The molecular formula is C14H11ClN2O2S. The maximum absolute atomic E-state index is 6.12. The summed E-state index contributed by atoms with van der Waals surface area (Å²) >= 11 is 7.65. The van der Waals surface area contributed by atoms with Gasteiger partial charge in [-0.25, -0.2) is 0 Å². The Hall–Kier alpha value is -1.85. The van der Waals surface area contributed by atoms with Crippen molar-refractivity contribution >= 4 is 29.1 Å². The van der Waals surface area contributed by atoms with E-state index in [1.165, 1.54) is 11.8 Å². The Morgan fingerprint density at radius 3 is 2.85 bits per heavy atom. The Labute approximate surface area is 124 Å². The molecule has 2 aromatic heterocycles. The Balaban J connectivity index is 1.73. The zero-order valence-electron chi connectivity index (χ0n) is 10.4. The van der Waals surface area contributed by atoms with Crippen LogP contribution in [0, 0.1) is 0 Å². The minimum absolute atomic E-state index is 0.609. The number of rotatable bonds is 4. The van der Waals surface area contributed by atoms with Crippen LogP contribution in [0.2, 0.25) is 5.02 Å². The van der Waals surface area contributed by atoms with E-state index in [-0.39, 0.29) is 0 Å². The number of benzene rings is 1. The van der Waals surface area contributed by atoms with Gasteiger partial charge in [-0.1, -0.05) is 22.8 Å². The predicted molar refractivity (Wildman–Crippen MR) is 79.6 cm³/mol. The molecule has 6 heteroatoms. The second-order valence-corrected chi connectivity index (χ2v) is 5.50. The Kier molecular flexibility index (Phi) is 3.71. The second-order valence-electron chi connectivity index (χ2n) is 4.11. The van der Waals surface area contributed by atoms with Gasteiger partial charge in [-0.2, -0.15) is 0 Å². The first kappa shape index (κ1) is 13.1. The van der Waals surface area contributed by atoms with Gasteiger partial charge in [0.2, 0.25) is 5.76 Å². The molecule has 20 heavy (non-hydrogen) atoms. The molecule has 0 aliphatic carbocycles. The van der Waals surface area contributed by atoms with Gasteiger partial charge >= 0.3 is 0 Å². The molecule has 3 aromatic rings. The standard InChI is InChI=1S/C14H11ClN2O2S/c15-10-3-1-4-11(16)14(10)20-8-9-7-13(19-17-9)12-5-2-6-18-12/h1-7H,8,16H2. The van der Waals surface area contributed by atoms with Crippen molar-refractivity contribution in [2.45, 2.75) is 10.6 Å². The van der Waals surface area contributed by atoms with E-state index in [0.29, 0.717) is 28.0 Å². The SMILES string of the molecule is Nc1cccc(Cl)c1SCc1cc(-c2ccco2)on1. The highest BCUT2D eigenvalue weighted by Crippen LogP contribution is 2.34. The van der Waals surface area contributed by atoms with Crippen LogP contribution < -0.4 is 5.73 Å². The van der Waals surface area contributed by atoms with E-state index in [0.717, 1.165) is 10.6 Å². The average molecular weight is 307 g/mol. The molecule has 0 fully saturated rings. The molecule has 0 radical (unpaired) electrons. The molecule has 0 spiro atoms. The third kappa shape index (κ3) is 2.69. The average Bonchev–Trinajstić information content (AvgIpc) is 3.09. The van der Waals surface area contributed by atoms with E-state index >= 15 is 0 Å². The summed E-state index contributed by atoms with van der Waals surface area (Å²) in [5.74, 6) is 1.89. The highest BCUT2D eigenvalue weighted by atomic mass is 35.5. The zero-order valence-corrected chi connectivity index (χ0v) is 11.9. The van der Waals surface area contributed by atoms with Gasteiger partial charge in [-0.05, 0) is 24.3 Å². The van der Waals surface area contributed by atoms with Crippen LogP contribution >= 0.6 is 23.4 Å². The summed E-state index contributed by atoms with van der Waals surface area (Å²) < 4.78 is 10.5. The molecule has 0 aliphatic heterocycles. The van der Waals surface area contributed by atoms with Crippen molar-refractivity contribution in [3.8, 4) is 11.5 Å². The predicted octanol–water partition coefficient (Wildman–Crippen LogP) is 4.46. The quantitative estimate of drug-likeness (QED) is 0.569. The van der Waals surface area contributed by atoms with Gasteiger partial charge in [-0.15, -0.1) is 11.8 Å². The van der Waals surface area contributed by atoms with E-state index in [1.807, 2.05) is 30.3 Å². The molecule has 0 unspecified atom stereocenters. The van der Waals surface area contributed by atoms with Gasteiger partial charge in [0.05, 0.1) is 17.0 Å². The van der Waals surface area contributed by atoms with Crippen LogP contribution in [-0.2, 0) is 5.75 Å². The number of furan rings is 1. The van der Waals surface area contributed by atoms with Crippen molar-refractivity contribution in [2.75, 3.05) is 5.73 Å². The van der Waals surface area contributed by atoms with Gasteiger partial charge in [0.1, 0.15) is 0 Å². The number of halogens is 1. The fourth-order valence-corrected chi connectivity index (χ4v) is 2.95. The summed E-state index contributed by atoms with van der Waals surface area (Å²) in [6.45, 7) is 0. The Morgan fingerprint density at radius 2 is 2.10 bits per heavy atom. The molecule has 102 valence electrons. The van der Waals surface area contributed by atoms with Gasteiger partial charge in [-0.3, -0.25) is 0 Å². The lowest BCUT2D eigenvalue weighted by Crippen LogP contribution is -1.89. The van der Waals surface area contributed by atoms with Crippen molar-refractivity contribution in [2.24, 2.45) is 0 Å². The molecule has 3 rings (SSSR count). The molecule has 0 atom stereocenters. The lowest BCUT2D eigenvalue weighted by Gasteiger charge is -2.05. The number of nitrogens with two attached hydrogens (primary N) is 1. The van der Waals surface area contributed by atoms with E-state index in [1.54, 1.807) is 12.3 Å². The fraction of sp³-hybridized carbons (Fsp3) is 0.0714. The third-order valence-electron chi connectivity index (χ3n) is 2.68. The second kappa shape index (κ2) is 5.64. The maximum atomic E-state index is 6.12.